The van der Waals surface area contributed by atoms with E-state index in [1.807, 2.05) is 0 Å². The predicted octanol–water partition coefficient (Wildman–Crippen LogP) is 1.10. The molecule has 1 rings (SSSR count). The molecular weight excluding hydrogens is 216 g/mol. The van der Waals surface area contributed by atoms with Gasteiger partial charge in [-0.2, -0.15) is 0 Å². The topological polar surface area (TPSA) is 136 Å². The normalized spacial score (nSPS) is 33.6. The Labute approximate surface area is 91.2 Å². The molecule has 88 valence electrons. The molecule has 1 heterocycles. The lowest BCUT2D eigenvalue weighted by atomic mass is 9.99. The number of hydrogen-bond donors (Lipinski definition) is 1. The second-order valence-electron chi connectivity index (χ2n) is 3.25. The molecule has 0 spiro atoms. The molecule has 0 aliphatic carbocycles. The lowest BCUT2D eigenvalue weighted by Gasteiger charge is -2.36. The van der Waals surface area contributed by atoms with Gasteiger partial charge in [-0.05, 0) is 11.1 Å². The van der Waals surface area contributed by atoms with Gasteiger partial charge in [-0.3, -0.25) is 0 Å². The van der Waals surface area contributed by atoms with Crippen LogP contribution in [0.25, 0.3) is 20.9 Å². The molecule has 0 aromatic carbocycles. The van der Waals surface area contributed by atoms with Gasteiger partial charge < -0.3 is 14.6 Å². The first-order chi connectivity index (χ1) is 7.72. The zero-order valence-corrected chi connectivity index (χ0v) is 8.67. The van der Waals surface area contributed by atoms with Gasteiger partial charge in [0.15, 0.2) is 6.29 Å². The molecule has 0 aromatic rings. The number of aliphatic hydroxyl groups is 1. The third kappa shape index (κ3) is 2.99. The molecular formula is C7H12N6O3. The lowest BCUT2D eigenvalue weighted by molar-refractivity contribution is -0.213. The largest absolute Gasteiger partial charge is 0.390 e. The van der Waals surface area contributed by atoms with E-state index in [4.69, 9.17) is 20.5 Å². The monoisotopic (exact) mass is 228 g/mol. The number of ether oxygens (including phenoxy) is 2. The molecule has 1 aliphatic heterocycles. The van der Waals surface area contributed by atoms with Crippen LogP contribution in [-0.2, 0) is 9.47 Å². The third-order valence-corrected chi connectivity index (χ3v) is 2.32. The van der Waals surface area contributed by atoms with Crippen LogP contribution in [0, 0.1) is 0 Å². The van der Waals surface area contributed by atoms with Crippen molar-refractivity contribution in [2.45, 2.75) is 31.0 Å². The number of azide groups is 2. The van der Waals surface area contributed by atoms with Gasteiger partial charge >= 0.3 is 0 Å². The molecule has 0 radical (unpaired) electrons. The van der Waals surface area contributed by atoms with Crippen molar-refractivity contribution in [3.63, 3.8) is 0 Å². The first-order valence-electron chi connectivity index (χ1n) is 4.64. The van der Waals surface area contributed by atoms with E-state index in [0.29, 0.717) is 0 Å². The number of methoxy groups -OCH3 is 1. The fourth-order valence-corrected chi connectivity index (χ4v) is 1.52. The van der Waals surface area contributed by atoms with Crippen molar-refractivity contribution in [3.8, 4) is 0 Å². The van der Waals surface area contributed by atoms with E-state index in [1.54, 1.807) is 0 Å². The Bertz CT molecular complexity index is 324. The van der Waals surface area contributed by atoms with Gasteiger partial charge in [-0.15, -0.1) is 0 Å². The molecule has 0 aromatic heterocycles. The van der Waals surface area contributed by atoms with Gasteiger partial charge in [0, 0.05) is 23.4 Å². The first-order valence-corrected chi connectivity index (χ1v) is 4.64. The number of aliphatic hydroxyl groups excluding tert-OH is 1. The van der Waals surface area contributed by atoms with E-state index < -0.39 is 24.5 Å². The minimum atomic E-state index is -0.993. The maximum atomic E-state index is 9.77. The first kappa shape index (κ1) is 12.6. The van der Waals surface area contributed by atoms with E-state index >= 15 is 0 Å². The Hall–Kier alpha value is -1.50. The molecule has 1 saturated heterocycles. The summed E-state index contributed by atoms with van der Waals surface area (Å²) in [4.78, 5) is 5.22. The van der Waals surface area contributed by atoms with Gasteiger partial charge in [-0.1, -0.05) is 10.2 Å². The predicted molar refractivity (Wildman–Crippen MR) is 53.2 cm³/mol. The van der Waals surface area contributed by atoms with Crippen LogP contribution in [0.15, 0.2) is 10.2 Å². The zero-order chi connectivity index (χ0) is 12.0. The van der Waals surface area contributed by atoms with Crippen molar-refractivity contribution < 1.29 is 14.6 Å². The molecule has 1 fully saturated rings. The summed E-state index contributed by atoms with van der Waals surface area (Å²) in [5.74, 6) is 0. The van der Waals surface area contributed by atoms with Gasteiger partial charge in [0.05, 0.1) is 24.8 Å². The van der Waals surface area contributed by atoms with Crippen LogP contribution in [0.2, 0.25) is 0 Å². The lowest BCUT2D eigenvalue weighted by Crippen LogP contribution is -2.49. The van der Waals surface area contributed by atoms with Crippen LogP contribution in [-0.4, -0.2) is 43.3 Å². The molecule has 1 aliphatic rings. The molecule has 9 nitrogen and oxygen atoms in total. The fourth-order valence-electron chi connectivity index (χ4n) is 1.52. The third-order valence-electron chi connectivity index (χ3n) is 2.32. The molecule has 4 atom stereocenters. The second-order valence-corrected chi connectivity index (χ2v) is 3.25. The average Bonchev–Trinajstić information content (AvgIpc) is 2.30. The Balaban J connectivity index is 2.74. The Morgan fingerprint density at radius 3 is 2.81 bits per heavy atom. The van der Waals surface area contributed by atoms with E-state index in [1.165, 1.54) is 7.11 Å². The van der Waals surface area contributed by atoms with Crippen molar-refractivity contribution in [3.05, 3.63) is 20.9 Å². The van der Waals surface area contributed by atoms with E-state index in [2.05, 4.69) is 20.1 Å². The van der Waals surface area contributed by atoms with Gasteiger partial charge in [0.25, 0.3) is 0 Å². The maximum absolute atomic E-state index is 9.77. The van der Waals surface area contributed by atoms with Crippen LogP contribution in [0.1, 0.15) is 6.42 Å². The summed E-state index contributed by atoms with van der Waals surface area (Å²) in [5, 5.41) is 16.5. The molecule has 0 bridgehead atoms. The minimum absolute atomic E-state index is 0.0328. The average molecular weight is 228 g/mol. The van der Waals surface area contributed by atoms with Gasteiger partial charge in [0.2, 0.25) is 0 Å². The number of nitrogens with zero attached hydrogens (tertiary/aromatic N) is 6. The van der Waals surface area contributed by atoms with Gasteiger partial charge in [-0.25, -0.2) is 0 Å². The smallest absolute Gasteiger partial charge is 0.158 e. The molecule has 9 heteroatoms. The zero-order valence-electron chi connectivity index (χ0n) is 8.67. The highest BCUT2D eigenvalue weighted by atomic mass is 16.7. The molecule has 0 amide bonds. The van der Waals surface area contributed by atoms with Crippen LogP contribution < -0.4 is 0 Å². The highest BCUT2D eigenvalue weighted by Gasteiger charge is 2.36. The highest BCUT2D eigenvalue weighted by molar-refractivity contribution is 4.89. The van der Waals surface area contributed by atoms with E-state index in [-0.39, 0.29) is 13.0 Å². The van der Waals surface area contributed by atoms with Crippen molar-refractivity contribution in [1.29, 1.82) is 0 Å². The minimum Gasteiger partial charge on any atom is -0.390 e. The number of hydrogen-bond acceptors (Lipinski definition) is 5. The SMILES string of the molecule is CO[C@@H]1C[C@@H](N=[N+]=[N-])[C@H](O)[C@@H](CN=[N+]=[N-])O1. The molecule has 0 unspecified atom stereocenters. The Morgan fingerprint density at radius 2 is 2.25 bits per heavy atom. The van der Waals surface area contributed by atoms with Crippen LogP contribution in [0.4, 0.5) is 0 Å². The Morgan fingerprint density at radius 1 is 1.50 bits per heavy atom. The van der Waals surface area contributed by atoms with Crippen LogP contribution in [0.3, 0.4) is 0 Å². The van der Waals surface area contributed by atoms with E-state index in [0.717, 1.165) is 0 Å². The summed E-state index contributed by atoms with van der Waals surface area (Å²) in [6.07, 6.45) is -2.01. The van der Waals surface area contributed by atoms with Gasteiger partial charge in [0.1, 0.15) is 0 Å². The quantitative estimate of drug-likeness (QED) is 0.438. The molecule has 16 heavy (non-hydrogen) atoms. The summed E-state index contributed by atoms with van der Waals surface area (Å²) in [6, 6.07) is -0.636. The van der Waals surface area contributed by atoms with Crippen molar-refractivity contribution >= 4 is 0 Å². The Kier molecular flexibility index (Phi) is 4.84. The summed E-state index contributed by atoms with van der Waals surface area (Å²) >= 11 is 0. The van der Waals surface area contributed by atoms with Crippen LogP contribution >= 0.6 is 0 Å². The molecule has 0 saturated carbocycles. The summed E-state index contributed by atoms with van der Waals surface area (Å²) < 4.78 is 10.3. The van der Waals surface area contributed by atoms with Crippen molar-refractivity contribution in [2.24, 2.45) is 10.2 Å². The number of rotatable bonds is 4. The molecule has 1 N–H and O–H groups in total. The standard InChI is InChI=1S/C7H12N6O3/c1-15-6-2-4(11-13-9)7(14)5(16-6)3-10-12-8/h4-7,14H,2-3H2,1H3/t4-,5-,6+,7+/m1/s1. The van der Waals surface area contributed by atoms with Crippen molar-refractivity contribution in [2.75, 3.05) is 13.7 Å². The fraction of sp³-hybridized carbons (Fsp3) is 1.00. The summed E-state index contributed by atoms with van der Waals surface area (Å²) in [5.41, 5.74) is 16.5. The van der Waals surface area contributed by atoms with Crippen LogP contribution in [0.5, 0.6) is 0 Å². The summed E-state index contributed by atoms with van der Waals surface area (Å²) in [6.45, 7) is -0.0328. The maximum Gasteiger partial charge on any atom is 0.158 e. The summed E-state index contributed by atoms with van der Waals surface area (Å²) in [7, 11) is 1.44. The second kappa shape index (κ2) is 6.16. The van der Waals surface area contributed by atoms with Crippen molar-refractivity contribution in [1.82, 2.24) is 0 Å². The highest BCUT2D eigenvalue weighted by Crippen LogP contribution is 2.23. The van der Waals surface area contributed by atoms with E-state index in [9.17, 15) is 5.11 Å².